The fourth-order valence-corrected chi connectivity index (χ4v) is 1.95. The molecule has 2 unspecified atom stereocenters. The Balaban J connectivity index is 1.91. The van der Waals surface area contributed by atoms with Gasteiger partial charge >= 0.3 is 0 Å². The fraction of sp³-hybridized carbons (Fsp3) is 0.462. The molecule has 1 fully saturated rings. The average molecular weight is 234 g/mol. The Hall–Kier alpha value is -1.39. The zero-order valence-corrected chi connectivity index (χ0v) is 10.2. The number of hydrogen-bond acceptors (Lipinski definition) is 3. The maximum Gasteiger partial charge on any atom is 0.241 e. The number of ether oxygens (including phenoxy) is 1. The first kappa shape index (κ1) is 12.1. The van der Waals surface area contributed by atoms with Crippen molar-refractivity contribution in [2.75, 3.05) is 19.0 Å². The van der Waals surface area contributed by atoms with Gasteiger partial charge in [-0.25, -0.2) is 0 Å². The number of nitrogens with one attached hydrogen (secondary N) is 2. The Labute approximate surface area is 101 Å². The molecule has 2 N–H and O–H groups in total. The summed E-state index contributed by atoms with van der Waals surface area (Å²) < 4.78 is 5.21. The minimum absolute atomic E-state index is 0.00778. The lowest BCUT2D eigenvalue weighted by molar-refractivity contribution is -0.118. The lowest BCUT2D eigenvalue weighted by Crippen LogP contribution is -2.35. The van der Waals surface area contributed by atoms with Gasteiger partial charge in [-0.05, 0) is 25.5 Å². The third-order valence-corrected chi connectivity index (χ3v) is 3.06. The summed E-state index contributed by atoms with van der Waals surface area (Å²) in [6.07, 6.45) is 0.873. The van der Waals surface area contributed by atoms with Crippen molar-refractivity contribution in [3.05, 3.63) is 29.8 Å². The molecule has 1 saturated heterocycles. The van der Waals surface area contributed by atoms with Gasteiger partial charge in [-0.15, -0.1) is 0 Å². The van der Waals surface area contributed by atoms with E-state index in [0.29, 0.717) is 0 Å². The van der Waals surface area contributed by atoms with E-state index < -0.39 is 0 Å². The number of methoxy groups -OCH3 is 1. The van der Waals surface area contributed by atoms with Crippen LogP contribution in [0.4, 0.5) is 5.69 Å². The molecular weight excluding hydrogens is 216 g/mol. The van der Waals surface area contributed by atoms with Crippen molar-refractivity contribution < 1.29 is 9.53 Å². The monoisotopic (exact) mass is 234 g/mol. The van der Waals surface area contributed by atoms with Gasteiger partial charge in [0.1, 0.15) is 0 Å². The van der Waals surface area contributed by atoms with Gasteiger partial charge in [-0.1, -0.05) is 17.7 Å². The predicted molar refractivity (Wildman–Crippen MR) is 67.0 cm³/mol. The fourth-order valence-electron chi connectivity index (χ4n) is 1.95. The summed E-state index contributed by atoms with van der Waals surface area (Å²) in [4.78, 5) is 11.9. The molecule has 0 aromatic heterocycles. The van der Waals surface area contributed by atoms with Gasteiger partial charge < -0.3 is 15.4 Å². The van der Waals surface area contributed by atoms with E-state index in [-0.39, 0.29) is 18.1 Å². The lowest BCUT2D eigenvalue weighted by Gasteiger charge is -2.11. The standard InChI is InChI=1S/C13H18N2O2/c1-9-3-5-10(6-4-9)15-13(16)12-7-11(17-2)8-14-12/h3-6,11-12,14H,7-8H2,1-2H3,(H,15,16). The number of hydrogen-bond donors (Lipinski definition) is 2. The van der Waals surface area contributed by atoms with Crippen LogP contribution in [0.1, 0.15) is 12.0 Å². The van der Waals surface area contributed by atoms with Crippen molar-refractivity contribution in [3.8, 4) is 0 Å². The summed E-state index contributed by atoms with van der Waals surface area (Å²) in [7, 11) is 1.67. The molecule has 1 aliphatic rings. The van der Waals surface area contributed by atoms with Gasteiger partial charge in [0.15, 0.2) is 0 Å². The van der Waals surface area contributed by atoms with Crippen molar-refractivity contribution in [1.29, 1.82) is 0 Å². The van der Waals surface area contributed by atoms with Crippen LogP contribution in [0.15, 0.2) is 24.3 Å². The van der Waals surface area contributed by atoms with E-state index in [1.165, 1.54) is 5.56 Å². The molecule has 0 bridgehead atoms. The van der Waals surface area contributed by atoms with E-state index in [0.717, 1.165) is 18.7 Å². The maximum absolute atomic E-state index is 11.9. The zero-order chi connectivity index (χ0) is 12.3. The van der Waals surface area contributed by atoms with E-state index in [1.54, 1.807) is 7.11 Å². The van der Waals surface area contributed by atoms with Crippen molar-refractivity contribution >= 4 is 11.6 Å². The largest absolute Gasteiger partial charge is 0.380 e. The molecule has 0 aliphatic carbocycles. The Morgan fingerprint density at radius 2 is 2.12 bits per heavy atom. The summed E-state index contributed by atoms with van der Waals surface area (Å²) in [6.45, 7) is 2.76. The Bertz CT molecular complexity index is 389. The zero-order valence-electron chi connectivity index (χ0n) is 10.2. The van der Waals surface area contributed by atoms with Crippen LogP contribution in [0.3, 0.4) is 0 Å². The van der Waals surface area contributed by atoms with Gasteiger partial charge in [-0.2, -0.15) is 0 Å². The first-order valence-electron chi connectivity index (χ1n) is 5.83. The SMILES string of the molecule is COC1CNC(C(=O)Nc2ccc(C)cc2)C1. The van der Waals surface area contributed by atoms with Crippen molar-refractivity contribution in [1.82, 2.24) is 5.32 Å². The number of carbonyl (C=O) groups excluding carboxylic acids is 1. The molecular formula is C13H18N2O2. The highest BCUT2D eigenvalue weighted by Gasteiger charge is 2.29. The third kappa shape index (κ3) is 3.05. The predicted octanol–water partition coefficient (Wildman–Crippen LogP) is 1.31. The molecule has 2 rings (SSSR count). The molecule has 0 spiro atoms. The molecule has 4 heteroatoms. The topological polar surface area (TPSA) is 50.4 Å². The van der Waals surface area contributed by atoms with Crippen LogP contribution >= 0.6 is 0 Å². The number of anilines is 1. The number of rotatable bonds is 3. The van der Waals surface area contributed by atoms with Crippen LogP contribution in [0.5, 0.6) is 0 Å². The molecule has 1 aromatic carbocycles. The Kier molecular flexibility index (Phi) is 3.76. The molecule has 1 heterocycles. The van der Waals surface area contributed by atoms with Crippen LogP contribution in [0.25, 0.3) is 0 Å². The van der Waals surface area contributed by atoms with Crippen LogP contribution in [0.2, 0.25) is 0 Å². The van der Waals surface area contributed by atoms with Gasteiger partial charge in [0.25, 0.3) is 0 Å². The average Bonchev–Trinajstić information content (AvgIpc) is 2.81. The second kappa shape index (κ2) is 5.29. The molecule has 17 heavy (non-hydrogen) atoms. The molecule has 0 radical (unpaired) electrons. The molecule has 4 nitrogen and oxygen atoms in total. The summed E-state index contributed by atoms with van der Waals surface area (Å²) >= 11 is 0. The molecule has 1 aliphatic heterocycles. The third-order valence-electron chi connectivity index (χ3n) is 3.06. The highest BCUT2D eigenvalue weighted by Crippen LogP contribution is 2.13. The van der Waals surface area contributed by atoms with Crippen LogP contribution < -0.4 is 10.6 Å². The lowest BCUT2D eigenvalue weighted by atomic mass is 10.2. The number of aryl methyl sites for hydroxylation is 1. The van der Waals surface area contributed by atoms with Crippen molar-refractivity contribution in [2.45, 2.75) is 25.5 Å². The smallest absolute Gasteiger partial charge is 0.241 e. The second-order valence-corrected chi connectivity index (χ2v) is 4.41. The highest BCUT2D eigenvalue weighted by atomic mass is 16.5. The van der Waals surface area contributed by atoms with E-state index >= 15 is 0 Å². The summed E-state index contributed by atoms with van der Waals surface area (Å²) in [5.41, 5.74) is 2.02. The Morgan fingerprint density at radius 3 is 2.71 bits per heavy atom. The van der Waals surface area contributed by atoms with Gasteiger partial charge in [-0.3, -0.25) is 4.79 Å². The molecule has 1 aromatic rings. The van der Waals surface area contributed by atoms with Crippen LogP contribution in [0, 0.1) is 6.92 Å². The summed E-state index contributed by atoms with van der Waals surface area (Å²) in [5.74, 6) is 0.00778. The number of amides is 1. The van der Waals surface area contributed by atoms with E-state index in [9.17, 15) is 4.79 Å². The second-order valence-electron chi connectivity index (χ2n) is 4.41. The van der Waals surface area contributed by atoms with E-state index in [4.69, 9.17) is 4.74 Å². The van der Waals surface area contributed by atoms with E-state index in [1.807, 2.05) is 31.2 Å². The minimum Gasteiger partial charge on any atom is -0.380 e. The molecule has 0 saturated carbocycles. The minimum atomic E-state index is -0.152. The number of benzene rings is 1. The number of carbonyl (C=O) groups is 1. The van der Waals surface area contributed by atoms with Crippen LogP contribution in [-0.2, 0) is 9.53 Å². The van der Waals surface area contributed by atoms with Crippen molar-refractivity contribution in [3.63, 3.8) is 0 Å². The molecule has 2 atom stereocenters. The molecule has 92 valence electrons. The van der Waals surface area contributed by atoms with Gasteiger partial charge in [0.05, 0.1) is 12.1 Å². The quantitative estimate of drug-likeness (QED) is 0.829. The first-order chi connectivity index (χ1) is 8.19. The van der Waals surface area contributed by atoms with Crippen molar-refractivity contribution in [2.24, 2.45) is 0 Å². The molecule has 1 amide bonds. The Morgan fingerprint density at radius 1 is 1.41 bits per heavy atom. The van der Waals surface area contributed by atoms with Crippen LogP contribution in [-0.4, -0.2) is 31.7 Å². The summed E-state index contributed by atoms with van der Waals surface area (Å²) in [5, 5.41) is 6.05. The normalized spacial score (nSPS) is 23.6. The maximum atomic E-state index is 11.9. The van der Waals surface area contributed by atoms with Gasteiger partial charge in [0, 0.05) is 19.3 Å². The van der Waals surface area contributed by atoms with Gasteiger partial charge in [0.2, 0.25) is 5.91 Å². The highest BCUT2D eigenvalue weighted by molar-refractivity contribution is 5.95. The first-order valence-corrected chi connectivity index (χ1v) is 5.83. The van der Waals surface area contributed by atoms with E-state index in [2.05, 4.69) is 10.6 Å². The summed E-state index contributed by atoms with van der Waals surface area (Å²) in [6, 6.07) is 7.64.